The van der Waals surface area contributed by atoms with Crippen molar-refractivity contribution in [3.63, 3.8) is 0 Å². The van der Waals surface area contributed by atoms with E-state index < -0.39 is 0 Å². The van der Waals surface area contributed by atoms with Gasteiger partial charge in [0.1, 0.15) is 4.88 Å². The van der Waals surface area contributed by atoms with E-state index in [-0.39, 0.29) is 11.9 Å². The average Bonchev–Trinajstić information content (AvgIpc) is 2.66. The van der Waals surface area contributed by atoms with E-state index in [0.29, 0.717) is 12.5 Å². The van der Waals surface area contributed by atoms with Crippen LogP contribution in [0.4, 0.5) is 0 Å². The van der Waals surface area contributed by atoms with Gasteiger partial charge in [-0.05, 0) is 32.7 Å². The zero-order chi connectivity index (χ0) is 14.4. The first-order valence-electron chi connectivity index (χ1n) is 6.91. The number of nitrogens with one attached hydrogen (secondary N) is 2. The third-order valence-corrected chi connectivity index (χ3v) is 3.75. The molecule has 1 atom stereocenters. The van der Waals surface area contributed by atoms with Gasteiger partial charge in [-0.3, -0.25) is 4.79 Å². The Morgan fingerprint density at radius 3 is 2.63 bits per heavy atom. The van der Waals surface area contributed by atoms with Crippen molar-refractivity contribution in [2.75, 3.05) is 13.1 Å². The lowest BCUT2D eigenvalue weighted by Crippen LogP contribution is -2.38. The Kier molecular flexibility index (Phi) is 6.45. The van der Waals surface area contributed by atoms with Crippen LogP contribution in [0.5, 0.6) is 0 Å². The predicted molar refractivity (Wildman–Crippen MR) is 80.9 cm³/mol. The Morgan fingerprint density at radius 1 is 1.37 bits per heavy atom. The van der Waals surface area contributed by atoms with Crippen LogP contribution in [0.1, 0.15) is 48.1 Å². The molecular formula is C14H25N3OS. The molecule has 1 aromatic heterocycles. The molecule has 2 N–H and O–H groups in total. The molecule has 1 rings (SSSR count). The number of aromatic nitrogens is 1. The van der Waals surface area contributed by atoms with Gasteiger partial charge in [-0.2, -0.15) is 0 Å². The molecule has 108 valence electrons. The van der Waals surface area contributed by atoms with E-state index >= 15 is 0 Å². The molecule has 0 aliphatic heterocycles. The normalized spacial score (nSPS) is 12.7. The smallest absolute Gasteiger partial charge is 0.263 e. The fourth-order valence-electron chi connectivity index (χ4n) is 1.92. The highest BCUT2D eigenvalue weighted by atomic mass is 32.1. The Bertz CT molecular complexity index is 415. The molecule has 19 heavy (non-hydrogen) atoms. The summed E-state index contributed by atoms with van der Waals surface area (Å²) in [7, 11) is 0. The first kappa shape index (κ1) is 16.1. The van der Waals surface area contributed by atoms with Crippen molar-refractivity contribution in [1.82, 2.24) is 15.6 Å². The van der Waals surface area contributed by atoms with Gasteiger partial charge in [0, 0.05) is 12.6 Å². The van der Waals surface area contributed by atoms with Gasteiger partial charge in [0.25, 0.3) is 5.91 Å². The third kappa shape index (κ3) is 5.28. The van der Waals surface area contributed by atoms with Crippen LogP contribution in [-0.4, -0.2) is 30.0 Å². The minimum atomic E-state index is 0.00556. The average molecular weight is 283 g/mol. The molecule has 1 amide bonds. The van der Waals surface area contributed by atoms with Crippen molar-refractivity contribution >= 4 is 17.2 Å². The van der Waals surface area contributed by atoms with E-state index in [4.69, 9.17) is 0 Å². The maximum Gasteiger partial charge on any atom is 0.263 e. The van der Waals surface area contributed by atoms with Crippen LogP contribution in [0, 0.1) is 12.8 Å². The Hall–Kier alpha value is -0.940. The summed E-state index contributed by atoms with van der Waals surface area (Å²) in [5, 5.41) is 7.22. The number of carbonyl (C=O) groups excluding carboxylic acids is 1. The molecule has 0 aliphatic rings. The summed E-state index contributed by atoms with van der Waals surface area (Å²) >= 11 is 1.49. The summed E-state index contributed by atoms with van der Waals surface area (Å²) in [6, 6.07) is 0.288. The second-order valence-corrected chi connectivity index (χ2v) is 6.48. The van der Waals surface area contributed by atoms with E-state index in [9.17, 15) is 4.79 Å². The number of likely N-dealkylation sites (N-methyl/N-ethyl adjacent to an activating group) is 1. The van der Waals surface area contributed by atoms with Crippen molar-refractivity contribution in [2.24, 2.45) is 5.92 Å². The number of hydrogen-bond donors (Lipinski definition) is 2. The van der Waals surface area contributed by atoms with E-state index in [0.717, 1.165) is 28.5 Å². The first-order chi connectivity index (χ1) is 8.93. The van der Waals surface area contributed by atoms with Gasteiger partial charge in [0.05, 0.1) is 10.7 Å². The van der Waals surface area contributed by atoms with Gasteiger partial charge >= 0.3 is 0 Å². The summed E-state index contributed by atoms with van der Waals surface area (Å²) in [4.78, 5) is 17.5. The maximum atomic E-state index is 12.2. The summed E-state index contributed by atoms with van der Waals surface area (Å²) in [6.07, 6.45) is 0.857. The molecule has 0 aromatic carbocycles. The van der Waals surface area contributed by atoms with Gasteiger partial charge in [0.15, 0.2) is 0 Å². The molecule has 0 spiro atoms. The molecule has 0 saturated heterocycles. The van der Waals surface area contributed by atoms with Crippen LogP contribution in [0.15, 0.2) is 0 Å². The van der Waals surface area contributed by atoms with Crippen molar-refractivity contribution in [3.05, 3.63) is 15.6 Å². The highest BCUT2D eigenvalue weighted by molar-refractivity contribution is 7.13. The summed E-state index contributed by atoms with van der Waals surface area (Å²) in [6.45, 7) is 11.9. The predicted octanol–water partition coefficient (Wildman–Crippen LogP) is 2.38. The standard InChI is InChI=1S/C14H25N3OS/c1-6-15-10(4)8-16-14(18)13-12(7-9(2)3)17-11(5)19-13/h9-10,15H,6-8H2,1-5H3,(H,16,18)/t10-/m1/s1. The molecule has 0 fully saturated rings. The minimum Gasteiger partial charge on any atom is -0.350 e. The Balaban J connectivity index is 2.65. The van der Waals surface area contributed by atoms with E-state index in [1.165, 1.54) is 11.3 Å². The number of thiazole rings is 1. The molecule has 0 bridgehead atoms. The van der Waals surface area contributed by atoms with Gasteiger partial charge in [0.2, 0.25) is 0 Å². The highest BCUT2D eigenvalue weighted by Crippen LogP contribution is 2.20. The number of carbonyl (C=O) groups is 1. The molecule has 1 aromatic rings. The fourth-order valence-corrected chi connectivity index (χ4v) is 2.78. The number of nitrogens with zero attached hydrogens (tertiary/aromatic N) is 1. The van der Waals surface area contributed by atoms with E-state index in [2.05, 4.69) is 43.3 Å². The summed E-state index contributed by atoms with van der Waals surface area (Å²) in [5.41, 5.74) is 0.936. The van der Waals surface area contributed by atoms with Gasteiger partial charge in [-0.25, -0.2) is 4.98 Å². The number of amides is 1. The van der Waals surface area contributed by atoms with Crippen LogP contribution in [0.3, 0.4) is 0 Å². The van der Waals surface area contributed by atoms with Crippen LogP contribution in [0.25, 0.3) is 0 Å². The lowest BCUT2D eigenvalue weighted by Gasteiger charge is -2.13. The molecule has 4 nitrogen and oxygen atoms in total. The van der Waals surface area contributed by atoms with Crippen LogP contribution in [-0.2, 0) is 6.42 Å². The van der Waals surface area contributed by atoms with Crippen molar-refractivity contribution in [3.8, 4) is 0 Å². The Labute approximate surface area is 120 Å². The molecule has 1 heterocycles. The Morgan fingerprint density at radius 2 is 2.05 bits per heavy atom. The molecule has 0 aliphatic carbocycles. The number of rotatable bonds is 7. The topological polar surface area (TPSA) is 54.0 Å². The molecular weight excluding hydrogens is 258 g/mol. The van der Waals surface area contributed by atoms with E-state index in [1.807, 2.05) is 6.92 Å². The maximum absolute atomic E-state index is 12.2. The van der Waals surface area contributed by atoms with Gasteiger partial charge in [-0.15, -0.1) is 11.3 Å². The van der Waals surface area contributed by atoms with Gasteiger partial charge in [-0.1, -0.05) is 20.8 Å². The van der Waals surface area contributed by atoms with Crippen molar-refractivity contribution in [2.45, 2.75) is 47.1 Å². The molecule has 0 radical (unpaired) electrons. The highest BCUT2D eigenvalue weighted by Gasteiger charge is 2.17. The molecule has 5 heteroatoms. The van der Waals surface area contributed by atoms with Crippen LogP contribution in [0.2, 0.25) is 0 Å². The van der Waals surface area contributed by atoms with Crippen LogP contribution < -0.4 is 10.6 Å². The van der Waals surface area contributed by atoms with Crippen molar-refractivity contribution < 1.29 is 4.79 Å². The number of hydrogen-bond acceptors (Lipinski definition) is 4. The lowest BCUT2D eigenvalue weighted by molar-refractivity contribution is 0.0953. The SMILES string of the molecule is CCN[C@H](C)CNC(=O)c1sc(C)nc1CC(C)C. The zero-order valence-corrected chi connectivity index (χ0v) is 13.4. The second-order valence-electron chi connectivity index (χ2n) is 5.28. The largest absolute Gasteiger partial charge is 0.350 e. The molecule has 0 unspecified atom stereocenters. The first-order valence-corrected chi connectivity index (χ1v) is 7.73. The van der Waals surface area contributed by atoms with Crippen LogP contribution >= 0.6 is 11.3 Å². The second kappa shape index (κ2) is 7.60. The lowest BCUT2D eigenvalue weighted by atomic mass is 10.1. The third-order valence-electron chi connectivity index (χ3n) is 2.73. The van der Waals surface area contributed by atoms with Gasteiger partial charge < -0.3 is 10.6 Å². The van der Waals surface area contributed by atoms with E-state index in [1.54, 1.807) is 0 Å². The molecule has 0 saturated carbocycles. The summed E-state index contributed by atoms with van der Waals surface area (Å²) < 4.78 is 0. The summed E-state index contributed by atoms with van der Waals surface area (Å²) in [5.74, 6) is 0.514. The fraction of sp³-hybridized carbons (Fsp3) is 0.714. The zero-order valence-electron chi connectivity index (χ0n) is 12.5. The minimum absolute atomic E-state index is 0.00556. The number of aryl methyl sites for hydroxylation is 1. The van der Waals surface area contributed by atoms with Crippen molar-refractivity contribution in [1.29, 1.82) is 0 Å². The quantitative estimate of drug-likeness (QED) is 0.808. The monoisotopic (exact) mass is 283 g/mol.